The van der Waals surface area contributed by atoms with Crippen LogP contribution < -0.4 is 0 Å². The topological polar surface area (TPSA) is 108 Å². The maximum Gasteiger partial charge on any atom is 0.361 e. The zero-order valence-corrected chi connectivity index (χ0v) is 52.9. The van der Waals surface area contributed by atoms with Crippen molar-refractivity contribution in [2.75, 3.05) is 47.5 Å². The normalized spacial score (nSPS) is 13.4. The predicted octanol–water partition coefficient (Wildman–Crippen LogP) is 20.2. The van der Waals surface area contributed by atoms with Crippen LogP contribution in [0.15, 0.2) is 109 Å². The molecule has 0 aliphatic heterocycles. The first-order valence-electron chi connectivity index (χ1n) is 33.1. The smallest absolute Gasteiger partial charge is 0.361 e. The highest BCUT2D eigenvalue weighted by Crippen LogP contribution is 2.16. The Morgan fingerprint density at radius 2 is 0.704 bits per heavy atom. The number of quaternary nitrogens is 1. The Bertz CT molecular complexity index is 1700. The Morgan fingerprint density at radius 1 is 0.383 bits per heavy atom. The summed E-state index contributed by atoms with van der Waals surface area (Å²) in [5, 5.41) is 9.74. The highest BCUT2D eigenvalue weighted by Gasteiger charge is 2.25. The second-order valence-electron chi connectivity index (χ2n) is 23.0. The molecule has 0 fully saturated rings. The standard InChI is InChI=1S/C72H123NO8/c1-6-8-10-12-14-16-18-20-22-24-26-28-30-32-33-34-35-36-37-39-41-43-45-47-49-51-53-55-57-59-61-63-70(75)81-68(67-80-72(71(76)77)78-65-64-73(3,4)5)66-79-69(74)62-60-58-56-54-52-50-48-46-44-42-40-38-31-29-27-25-23-21-19-17-15-13-11-9-7-2/h8,10,14,16,19-22,25-28,31-33,35-36,38,68,72H,6-7,9,11-13,15,17-18,23-24,29-30,34,37,39-67H2,1-5H3/p+1/b10-8-,16-14-,21-19-,22-20-,27-25-,28-26-,33-32-,36-35-,38-31-. The predicted molar refractivity (Wildman–Crippen MR) is 345 cm³/mol. The van der Waals surface area contributed by atoms with Crippen molar-refractivity contribution >= 4 is 17.9 Å². The molecular formula is C72H124NO8+. The third-order valence-electron chi connectivity index (χ3n) is 14.0. The number of ether oxygens (including phenoxy) is 4. The number of nitrogens with zero attached hydrogens (tertiary/aromatic N) is 1. The molecular weight excluding hydrogens is 1010 g/mol. The number of esters is 2. The molecule has 0 amide bonds. The summed E-state index contributed by atoms with van der Waals surface area (Å²) in [6, 6.07) is 0. The highest BCUT2D eigenvalue weighted by atomic mass is 16.7. The van der Waals surface area contributed by atoms with E-state index in [2.05, 4.69) is 123 Å². The minimum atomic E-state index is -1.52. The van der Waals surface area contributed by atoms with Gasteiger partial charge in [0.1, 0.15) is 13.2 Å². The summed E-state index contributed by atoms with van der Waals surface area (Å²) in [6.45, 7) is 4.76. The molecule has 0 saturated carbocycles. The van der Waals surface area contributed by atoms with Crippen molar-refractivity contribution in [1.29, 1.82) is 0 Å². The lowest BCUT2D eigenvalue weighted by atomic mass is 10.0. The fraction of sp³-hybridized carbons (Fsp3) is 0.708. The second kappa shape index (κ2) is 62.0. The zero-order chi connectivity index (χ0) is 59.1. The van der Waals surface area contributed by atoms with Gasteiger partial charge >= 0.3 is 17.9 Å². The Balaban J connectivity index is 4.19. The number of aliphatic carboxylic acids is 1. The van der Waals surface area contributed by atoms with E-state index in [-0.39, 0.29) is 32.2 Å². The van der Waals surface area contributed by atoms with Gasteiger partial charge in [0.05, 0.1) is 34.4 Å². The van der Waals surface area contributed by atoms with Gasteiger partial charge < -0.3 is 28.5 Å². The summed E-state index contributed by atoms with van der Waals surface area (Å²) < 4.78 is 23.0. The minimum absolute atomic E-state index is 0.182. The molecule has 0 aromatic heterocycles. The molecule has 9 nitrogen and oxygen atoms in total. The van der Waals surface area contributed by atoms with E-state index in [9.17, 15) is 19.5 Å². The van der Waals surface area contributed by atoms with Crippen molar-refractivity contribution in [3.63, 3.8) is 0 Å². The van der Waals surface area contributed by atoms with Crippen LogP contribution in [0.3, 0.4) is 0 Å². The molecule has 464 valence electrons. The van der Waals surface area contributed by atoms with Crippen LogP contribution in [0.5, 0.6) is 0 Å². The van der Waals surface area contributed by atoms with Crippen LogP contribution in [0, 0.1) is 0 Å². The number of carbonyl (C=O) groups excluding carboxylic acids is 2. The number of allylic oxidation sites excluding steroid dienone is 18. The van der Waals surface area contributed by atoms with Gasteiger partial charge in [0.15, 0.2) is 6.10 Å². The number of carbonyl (C=O) groups is 3. The number of likely N-dealkylation sites (N-methyl/N-ethyl adjacent to an activating group) is 1. The fourth-order valence-electron chi connectivity index (χ4n) is 8.97. The number of rotatable bonds is 60. The van der Waals surface area contributed by atoms with E-state index < -0.39 is 24.3 Å². The number of carboxylic acid groups (broad SMARTS) is 1. The number of hydrogen-bond acceptors (Lipinski definition) is 7. The number of unbranched alkanes of at least 4 members (excludes halogenated alkanes) is 27. The van der Waals surface area contributed by atoms with Gasteiger partial charge in [-0.1, -0.05) is 264 Å². The van der Waals surface area contributed by atoms with Crippen molar-refractivity contribution in [3.05, 3.63) is 109 Å². The quantitative estimate of drug-likeness (QED) is 0.0211. The summed E-state index contributed by atoms with van der Waals surface area (Å²) in [5.41, 5.74) is 0. The summed E-state index contributed by atoms with van der Waals surface area (Å²) in [7, 11) is 5.97. The summed E-state index contributed by atoms with van der Waals surface area (Å²) in [6.07, 6.45) is 83.2. The maximum atomic E-state index is 12.9. The minimum Gasteiger partial charge on any atom is -0.477 e. The Morgan fingerprint density at radius 3 is 1.05 bits per heavy atom. The van der Waals surface area contributed by atoms with Gasteiger partial charge in [0, 0.05) is 12.8 Å². The molecule has 2 unspecified atom stereocenters. The van der Waals surface area contributed by atoms with E-state index in [0.29, 0.717) is 23.9 Å². The Hall–Kier alpha value is -4.05. The fourth-order valence-corrected chi connectivity index (χ4v) is 8.97. The SMILES string of the molecule is CC/C=C\C/C=C\C/C=C\C/C=C\C/C=C\C/C=C\CCCCCCCCCCCCCCC(=O)OC(COC(=O)CCCCCCCCCCCC/C=C\C/C=C\C/C=C\CCCCCCC)COC(OCC[N+](C)(C)C)C(=O)O. The van der Waals surface area contributed by atoms with Gasteiger partial charge in [-0.3, -0.25) is 9.59 Å². The summed E-state index contributed by atoms with van der Waals surface area (Å²) in [4.78, 5) is 37.6. The zero-order valence-electron chi connectivity index (χ0n) is 52.9. The highest BCUT2D eigenvalue weighted by molar-refractivity contribution is 5.71. The summed E-state index contributed by atoms with van der Waals surface area (Å²) >= 11 is 0. The number of hydrogen-bond donors (Lipinski definition) is 1. The van der Waals surface area contributed by atoms with Crippen molar-refractivity contribution in [1.82, 2.24) is 0 Å². The molecule has 0 radical (unpaired) electrons. The molecule has 0 aliphatic rings. The van der Waals surface area contributed by atoms with Crippen molar-refractivity contribution in [2.24, 2.45) is 0 Å². The molecule has 81 heavy (non-hydrogen) atoms. The first-order valence-corrected chi connectivity index (χ1v) is 33.1. The second-order valence-corrected chi connectivity index (χ2v) is 23.0. The van der Waals surface area contributed by atoms with Crippen LogP contribution in [-0.2, 0) is 33.3 Å². The molecule has 1 N–H and O–H groups in total. The molecule has 9 heteroatoms. The molecule has 2 atom stereocenters. The van der Waals surface area contributed by atoms with Gasteiger partial charge in [-0.05, 0) is 103 Å². The molecule has 0 aliphatic carbocycles. The van der Waals surface area contributed by atoms with E-state index in [1.165, 1.54) is 148 Å². The van der Waals surface area contributed by atoms with Gasteiger partial charge in [0.25, 0.3) is 6.29 Å². The van der Waals surface area contributed by atoms with Crippen LogP contribution in [0.2, 0.25) is 0 Å². The Labute approximate surface area is 498 Å². The van der Waals surface area contributed by atoms with Crippen LogP contribution in [0.4, 0.5) is 0 Å². The first kappa shape index (κ1) is 77.0. The molecule has 0 aromatic rings. The lowest BCUT2D eigenvalue weighted by Gasteiger charge is -2.25. The van der Waals surface area contributed by atoms with Crippen LogP contribution in [0.1, 0.15) is 271 Å². The van der Waals surface area contributed by atoms with Gasteiger partial charge in [0.2, 0.25) is 0 Å². The Kier molecular flexibility index (Phi) is 58.9. The van der Waals surface area contributed by atoms with E-state index in [1.54, 1.807) is 0 Å². The van der Waals surface area contributed by atoms with Gasteiger partial charge in [-0.15, -0.1) is 0 Å². The molecule has 0 rings (SSSR count). The van der Waals surface area contributed by atoms with E-state index >= 15 is 0 Å². The monoisotopic (exact) mass is 1130 g/mol. The molecule has 0 heterocycles. The molecule has 0 aromatic carbocycles. The largest absolute Gasteiger partial charge is 0.477 e. The molecule has 0 spiro atoms. The third-order valence-corrected chi connectivity index (χ3v) is 14.0. The van der Waals surface area contributed by atoms with Crippen LogP contribution in [-0.4, -0.2) is 87.4 Å². The summed E-state index contributed by atoms with van der Waals surface area (Å²) in [5.74, 6) is -2.01. The van der Waals surface area contributed by atoms with Crippen molar-refractivity contribution in [3.8, 4) is 0 Å². The van der Waals surface area contributed by atoms with Crippen LogP contribution >= 0.6 is 0 Å². The lowest BCUT2D eigenvalue weighted by Crippen LogP contribution is -2.40. The maximum absolute atomic E-state index is 12.9. The van der Waals surface area contributed by atoms with E-state index in [1.807, 2.05) is 21.1 Å². The van der Waals surface area contributed by atoms with Crippen molar-refractivity contribution < 1.29 is 42.9 Å². The lowest BCUT2D eigenvalue weighted by molar-refractivity contribution is -0.870. The first-order chi connectivity index (χ1) is 39.6. The van der Waals surface area contributed by atoms with E-state index in [0.717, 1.165) is 89.9 Å². The third kappa shape index (κ3) is 63.4. The number of carboxylic acids is 1. The van der Waals surface area contributed by atoms with Gasteiger partial charge in [-0.2, -0.15) is 0 Å². The van der Waals surface area contributed by atoms with Crippen molar-refractivity contribution in [2.45, 2.75) is 283 Å². The average molecular weight is 1130 g/mol. The molecule has 0 saturated heterocycles. The molecule has 0 bridgehead atoms. The van der Waals surface area contributed by atoms with Crippen LogP contribution in [0.25, 0.3) is 0 Å². The van der Waals surface area contributed by atoms with E-state index in [4.69, 9.17) is 18.9 Å². The average Bonchev–Trinajstić information content (AvgIpc) is 3.44. The van der Waals surface area contributed by atoms with Gasteiger partial charge in [-0.25, -0.2) is 4.79 Å².